The smallest absolute Gasteiger partial charge is 0.177 e. The second-order valence-corrected chi connectivity index (χ2v) is 18.8. The molecule has 2 aliphatic rings. The number of ether oxygens (including phenoxy) is 1. The predicted octanol–water partition coefficient (Wildman–Crippen LogP) is 8.73. The molecule has 1 saturated carbocycles. The van der Waals surface area contributed by atoms with E-state index in [0.29, 0.717) is 29.2 Å². The Kier molecular flexibility index (Phi) is 26.9. The highest BCUT2D eigenvalue weighted by atomic mass is 32.2. The molecule has 3 heterocycles. The summed E-state index contributed by atoms with van der Waals surface area (Å²) in [5.74, 6) is 1.54. The molecule has 15 heteroatoms. The van der Waals surface area contributed by atoms with Crippen molar-refractivity contribution in [3.8, 4) is 11.3 Å². The Balaban J connectivity index is 0.000000286. The van der Waals surface area contributed by atoms with E-state index in [1.807, 2.05) is 36.4 Å². The average Bonchev–Trinajstić information content (AvgIpc) is 3.80. The van der Waals surface area contributed by atoms with Crippen LogP contribution in [0.15, 0.2) is 84.0 Å². The fourth-order valence-electron chi connectivity index (χ4n) is 6.76. The topological polar surface area (TPSA) is 217 Å². The van der Waals surface area contributed by atoms with E-state index >= 15 is 0 Å². The molecule has 0 atom stereocenters. The summed E-state index contributed by atoms with van der Waals surface area (Å²) >= 11 is 0. The Labute approximate surface area is 391 Å². The van der Waals surface area contributed by atoms with Crippen LogP contribution in [0.1, 0.15) is 138 Å². The molecule has 6 rings (SSSR count). The van der Waals surface area contributed by atoms with Crippen LogP contribution in [0.3, 0.4) is 0 Å². The molecule has 2 aromatic carbocycles. The Morgan fingerprint density at radius 1 is 0.727 bits per heavy atom. The van der Waals surface area contributed by atoms with Gasteiger partial charge in [0.15, 0.2) is 21.4 Å². The highest BCUT2D eigenvalue weighted by Crippen LogP contribution is 2.27. The third-order valence-electron chi connectivity index (χ3n) is 10.7. The molecule has 2 aromatic heterocycles. The van der Waals surface area contributed by atoms with Gasteiger partial charge in [-0.2, -0.15) is 5.10 Å². The van der Waals surface area contributed by atoms with Gasteiger partial charge >= 0.3 is 0 Å². The lowest BCUT2D eigenvalue weighted by molar-refractivity contribution is -0.118. The van der Waals surface area contributed by atoms with E-state index in [2.05, 4.69) is 20.1 Å². The maximum Gasteiger partial charge on any atom is 0.177 e. The predicted molar refractivity (Wildman–Crippen MR) is 259 cm³/mol. The number of carbonyl (C=O) groups excluding carboxylic acids is 6. The fraction of sp³-hybridized carbons (Fsp3) is 0.490. The molecule has 0 bridgehead atoms. The number of ketones is 6. The van der Waals surface area contributed by atoms with Gasteiger partial charge in [-0.15, -0.1) is 0 Å². The van der Waals surface area contributed by atoms with Crippen molar-refractivity contribution in [2.45, 2.75) is 123 Å². The van der Waals surface area contributed by atoms with Crippen LogP contribution in [-0.2, 0) is 40.2 Å². The molecule has 14 nitrogen and oxygen atoms in total. The molecular weight excluding hydrogens is 859 g/mol. The van der Waals surface area contributed by atoms with Gasteiger partial charge in [-0.1, -0.05) is 56.4 Å². The first-order valence-electron chi connectivity index (χ1n) is 22.8. The molecular formula is C51H71N5O9S. The first kappa shape index (κ1) is 56.6. The van der Waals surface area contributed by atoms with E-state index < -0.39 is 9.84 Å². The van der Waals surface area contributed by atoms with Gasteiger partial charge in [-0.3, -0.25) is 24.6 Å². The van der Waals surface area contributed by atoms with Crippen LogP contribution in [0.2, 0.25) is 0 Å². The first-order chi connectivity index (χ1) is 31.3. The zero-order valence-electron chi connectivity index (χ0n) is 39.8. The van der Waals surface area contributed by atoms with Crippen molar-refractivity contribution in [3.63, 3.8) is 0 Å². The molecule has 66 heavy (non-hydrogen) atoms. The number of nitrogens with zero attached hydrogens (tertiary/aromatic N) is 3. The third-order valence-corrected chi connectivity index (χ3v) is 11.9. The van der Waals surface area contributed by atoms with Gasteiger partial charge in [0.1, 0.15) is 28.8 Å². The van der Waals surface area contributed by atoms with Gasteiger partial charge in [0, 0.05) is 87.6 Å². The van der Waals surface area contributed by atoms with Crippen molar-refractivity contribution >= 4 is 50.2 Å². The highest BCUT2D eigenvalue weighted by Gasteiger charge is 2.14. The molecule has 1 saturated heterocycles. The molecule has 0 spiro atoms. The Morgan fingerprint density at radius 2 is 1.30 bits per heavy atom. The second kappa shape index (κ2) is 31.4. The van der Waals surface area contributed by atoms with Gasteiger partial charge in [0.25, 0.3) is 0 Å². The minimum atomic E-state index is -3.24. The van der Waals surface area contributed by atoms with E-state index in [1.165, 1.54) is 75.8 Å². The third kappa shape index (κ3) is 25.8. The number of anilines is 1. The summed E-state index contributed by atoms with van der Waals surface area (Å²) in [4.78, 5) is 71.8. The Hall–Kier alpha value is -5.51. The Morgan fingerprint density at radius 3 is 1.82 bits per heavy atom. The van der Waals surface area contributed by atoms with Crippen LogP contribution in [0.5, 0.6) is 0 Å². The van der Waals surface area contributed by atoms with Crippen molar-refractivity contribution in [1.29, 1.82) is 0 Å². The number of aryl methyl sites for hydroxylation is 1. The van der Waals surface area contributed by atoms with Gasteiger partial charge in [0.2, 0.25) is 0 Å². The summed E-state index contributed by atoms with van der Waals surface area (Å²) in [6.45, 7) is 12.7. The Bertz CT molecular complexity index is 2200. The van der Waals surface area contributed by atoms with Crippen molar-refractivity contribution in [2.24, 2.45) is 5.92 Å². The molecule has 360 valence electrons. The number of pyridine rings is 1. The lowest BCUT2D eigenvalue weighted by Crippen LogP contribution is -2.36. The number of nitrogen functional groups attached to an aromatic ring is 1. The van der Waals surface area contributed by atoms with E-state index in [9.17, 15) is 37.2 Å². The van der Waals surface area contributed by atoms with Gasteiger partial charge < -0.3 is 29.6 Å². The average molecular weight is 930 g/mol. The quantitative estimate of drug-likeness (QED) is 0.0749. The summed E-state index contributed by atoms with van der Waals surface area (Å²) < 4.78 is 27.6. The first-order valence-corrected chi connectivity index (χ1v) is 24.7. The molecule has 0 unspecified atom stereocenters. The van der Waals surface area contributed by atoms with Gasteiger partial charge in [-0.05, 0) is 107 Å². The number of hydrogen-bond donors (Lipinski definition) is 2. The van der Waals surface area contributed by atoms with Crippen LogP contribution >= 0.6 is 0 Å². The number of carbonyl (C=O) groups is 6. The molecule has 3 N–H and O–H groups in total. The maximum absolute atomic E-state index is 11.6. The number of morpholine rings is 1. The van der Waals surface area contributed by atoms with Crippen LogP contribution < -0.4 is 5.73 Å². The SMILES string of the molecule is CC(=O)CCC(=O)c1ccc(S(C)(=O)=O)cc1.CC(=O)CCC1CCCCC1.CC(=O)CCCN1CCOCC1.CC(=O)CCc1ccc(N)cc1.CC(=O)c1cc(-c2ccncc2)n[nH]1. The van der Waals surface area contributed by atoms with Crippen molar-refractivity contribution in [1.82, 2.24) is 20.1 Å². The fourth-order valence-corrected chi connectivity index (χ4v) is 7.39. The van der Waals surface area contributed by atoms with Crippen LogP contribution in [-0.4, -0.2) is 102 Å². The molecule has 1 aliphatic heterocycles. The lowest BCUT2D eigenvalue weighted by Gasteiger charge is -2.26. The summed E-state index contributed by atoms with van der Waals surface area (Å²) in [5.41, 5.74) is 10.1. The number of rotatable bonds is 17. The number of nitrogens with one attached hydrogen (secondary N) is 1. The summed E-state index contributed by atoms with van der Waals surface area (Å²) in [6.07, 6.45) is 16.9. The summed E-state index contributed by atoms with van der Waals surface area (Å²) in [5, 5.41) is 6.72. The number of aromatic nitrogens is 3. The normalized spacial score (nSPS) is 13.7. The molecule has 2 fully saturated rings. The standard InChI is InChI=1S/C12H14O4S.C10H9N3O.C10H13NO.C10H18O.C9H17NO2/c1-9(13)3-8-12(14)10-4-6-11(7-5-10)17(2,15)16;1-7(14)9-6-10(13-12-9)8-2-4-11-5-3-8;1-8(12)2-3-9-4-6-10(11)7-5-9;1-9(11)7-8-10-5-3-2-4-6-10;1-9(11)3-2-4-10-5-7-12-8-6-10/h4-7H,3,8H2,1-2H3;2-6H,1H3,(H,12,13);4-7H,2-3,11H2,1H3;10H,2-8H2,1H3;2-8H2,1H3. The molecule has 1 aliphatic carbocycles. The summed E-state index contributed by atoms with van der Waals surface area (Å²) in [6, 6.07) is 18.8. The molecule has 4 aromatic rings. The maximum atomic E-state index is 11.6. The number of Topliss-reactive ketones (excluding diaryl/α,β-unsaturated/α-hetero) is 6. The van der Waals surface area contributed by atoms with E-state index in [1.54, 1.807) is 39.2 Å². The van der Waals surface area contributed by atoms with E-state index in [-0.39, 0.29) is 40.9 Å². The van der Waals surface area contributed by atoms with Crippen molar-refractivity contribution in [3.05, 3.63) is 95.9 Å². The second-order valence-electron chi connectivity index (χ2n) is 16.8. The van der Waals surface area contributed by atoms with Gasteiger partial charge in [0.05, 0.1) is 23.8 Å². The molecule has 0 amide bonds. The monoisotopic (exact) mass is 929 g/mol. The zero-order valence-corrected chi connectivity index (χ0v) is 40.6. The van der Waals surface area contributed by atoms with Crippen LogP contribution in [0, 0.1) is 5.92 Å². The molecule has 0 radical (unpaired) electrons. The van der Waals surface area contributed by atoms with Crippen LogP contribution in [0.4, 0.5) is 5.69 Å². The number of hydrogen-bond acceptors (Lipinski definition) is 13. The minimum Gasteiger partial charge on any atom is -0.399 e. The minimum absolute atomic E-state index is 0.0159. The van der Waals surface area contributed by atoms with Crippen molar-refractivity contribution < 1.29 is 41.9 Å². The number of H-pyrrole nitrogens is 1. The highest BCUT2D eigenvalue weighted by molar-refractivity contribution is 7.90. The van der Waals surface area contributed by atoms with Gasteiger partial charge in [-0.25, -0.2) is 8.42 Å². The van der Waals surface area contributed by atoms with E-state index in [0.717, 1.165) is 94.1 Å². The number of nitrogens with two attached hydrogens (primary N) is 1. The summed E-state index contributed by atoms with van der Waals surface area (Å²) in [7, 11) is -3.24. The van der Waals surface area contributed by atoms with Crippen molar-refractivity contribution in [2.75, 3.05) is 44.8 Å². The van der Waals surface area contributed by atoms with E-state index in [4.69, 9.17) is 10.5 Å². The number of sulfone groups is 1. The lowest BCUT2D eigenvalue weighted by atomic mass is 9.86. The van der Waals surface area contributed by atoms with Crippen LogP contribution in [0.25, 0.3) is 11.3 Å². The largest absolute Gasteiger partial charge is 0.399 e. The number of aromatic amines is 1. The number of benzene rings is 2. The zero-order chi connectivity index (χ0) is 48.9.